The van der Waals surface area contributed by atoms with Crippen LogP contribution >= 0.6 is 0 Å². The van der Waals surface area contributed by atoms with Crippen molar-refractivity contribution in [2.24, 2.45) is 5.41 Å². The Morgan fingerprint density at radius 2 is 1.85 bits per heavy atom. The fourth-order valence-corrected chi connectivity index (χ4v) is 5.25. The van der Waals surface area contributed by atoms with Crippen LogP contribution in [0.5, 0.6) is 0 Å². The van der Waals surface area contributed by atoms with Crippen molar-refractivity contribution in [1.82, 2.24) is 30.5 Å². The quantitative estimate of drug-likeness (QED) is 0.298. The van der Waals surface area contributed by atoms with Crippen LogP contribution in [-0.4, -0.2) is 62.7 Å². The summed E-state index contributed by atoms with van der Waals surface area (Å²) >= 11 is 0. The lowest BCUT2D eigenvalue weighted by Gasteiger charge is -2.36. The van der Waals surface area contributed by atoms with Gasteiger partial charge in [-0.2, -0.15) is 0 Å². The van der Waals surface area contributed by atoms with Gasteiger partial charge in [0.2, 0.25) is 5.91 Å². The lowest BCUT2D eigenvalue weighted by molar-refractivity contribution is -0.125. The maximum Gasteiger partial charge on any atom is 0.289 e. The summed E-state index contributed by atoms with van der Waals surface area (Å²) in [5, 5.41) is 6.91. The van der Waals surface area contributed by atoms with E-state index < -0.39 is 11.5 Å². The van der Waals surface area contributed by atoms with Crippen molar-refractivity contribution in [2.45, 2.75) is 59.0 Å². The van der Waals surface area contributed by atoms with E-state index in [2.05, 4.69) is 25.6 Å². The van der Waals surface area contributed by atoms with Gasteiger partial charge in [-0.1, -0.05) is 44.5 Å². The Kier molecular flexibility index (Phi) is 7.16. The van der Waals surface area contributed by atoms with E-state index in [1.165, 1.54) is 0 Å². The first-order valence-corrected chi connectivity index (χ1v) is 13.5. The summed E-state index contributed by atoms with van der Waals surface area (Å²) in [6, 6.07) is 14.4. The first kappa shape index (κ1) is 26.5. The maximum atomic E-state index is 13.4. The van der Waals surface area contributed by atoms with E-state index >= 15 is 0 Å². The van der Waals surface area contributed by atoms with Crippen molar-refractivity contribution in [3.05, 3.63) is 65.6 Å². The highest BCUT2D eigenvalue weighted by Gasteiger charge is 2.35. The number of fused-ring (bicyclic) bond motifs is 2. The molecule has 2 aromatic carbocycles. The standard InChI is InChI=1S/C30H36N6O3/c1-18-12-13-21-19(15-18)16-24(32-21)27(37)35-25(30(2,3)4)28(38)31-17-20-9-7-8-14-36(20)29(39)26-33-22-10-5-6-11-23(22)34-26/h5-6,10-13,15-16,20,25,32H,7-9,14,17H2,1-4H3,(H,31,38)(H,33,34)(H,35,37)/t20-,25+/m0/s1. The van der Waals surface area contributed by atoms with E-state index in [9.17, 15) is 14.4 Å². The summed E-state index contributed by atoms with van der Waals surface area (Å²) in [5.74, 6) is -0.467. The van der Waals surface area contributed by atoms with Crippen LogP contribution in [0.25, 0.3) is 21.9 Å². The second kappa shape index (κ2) is 10.6. The number of H-pyrrole nitrogens is 2. The SMILES string of the molecule is Cc1ccc2[nH]c(C(=O)N[C@H](C(=O)NC[C@@H]3CCCCN3C(=O)c3nc4ccccc4[nH]3)C(C)(C)C)cc2c1. The summed E-state index contributed by atoms with van der Waals surface area (Å²) in [6.45, 7) is 8.68. The molecule has 4 aromatic rings. The Morgan fingerprint density at radius 3 is 2.62 bits per heavy atom. The van der Waals surface area contributed by atoms with Crippen molar-refractivity contribution in [3.63, 3.8) is 0 Å². The molecule has 2 atom stereocenters. The molecule has 4 N–H and O–H groups in total. The first-order chi connectivity index (χ1) is 18.6. The number of imidazole rings is 1. The summed E-state index contributed by atoms with van der Waals surface area (Å²) in [5.41, 5.74) is 3.42. The number of aromatic nitrogens is 3. The van der Waals surface area contributed by atoms with Crippen LogP contribution in [0.2, 0.25) is 0 Å². The number of amides is 3. The number of hydrogen-bond donors (Lipinski definition) is 4. The Balaban J connectivity index is 1.27. The number of carbonyl (C=O) groups is 3. The fraction of sp³-hybridized carbons (Fsp3) is 0.400. The molecular formula is C30H36N6O3. The van der Waals surface area contributed by atoms with Gasteiger partial charge in [0.1, 0.15) is 11.7 Å². The van der Waals surface area contributed by atoms with Crippen LogP contribution in [0.15, 0.2) is 48.5 Å². The van der Waals surface area contributed by atoms with Crippen molar-refractivity contribution in [2.75, 3.05) is 13.1 Å². The zero-order chi connectivity index (χ0) is 27.7. The molecule has 9 heteroatoms. The van der Waals surface area contributed by atoms with E-state index in [0.29, 0.717) is 24.6 Å². The molecule has 1 aliphatic rings. The van der Waals surface area contributed by atoms with E-state index in [1.54, 1.807) is 11.0 Å². The summed E-state index contributed by atoms with van der Waals surface area (Å²) in [4.78, 5) is 52.5. The van der Waals surface area contributed by atoms with Gasteiger partial charge < -0.3 is 25.5 Å². The molecule has 2 aromatic heterocycles. The molecule has 3 heterocycles. The van der Waals surface area contributed by atoms with Crippen molar-refractivity contribution in [1.29, 1.82) is 0 Å². The number of nitrogens with zero attached hydrogens (tertiary/aromatic N) is 2. The lowest BCUT2D eigenvalue weighted by Crippen LogP contribution is -2.56. The molecule has 9 nitrogen and oxygen atoms in total. The number of aromatic amines is 2. The number of piperidine rings is 1. The number of hydrogen-bond acceptors (Lipinski definition) is 4. The summed E-state index contributed by atoms with van der Waals surface area (Å²) in [6.07, 6.45) is 2.66. The van der Waals surface area contributed by atoms with Gasteiger partial charge >= 0.3 is 0 Å². The number of aryl methyl sites for hydroxylation is 1. The molecule has 0 saturated carbocycles. The Bertz CT molecular complexity index is 1500. The minimum atomic E-state index is -0.763. The van der Waals surface area contributed by atoms with Crippen molar-refractivity contribution in [3.8, 4) is 0 Å². The van der Waals surface area contributed by atoms with Gasteiger partial charge in [0.25, 0.3) is 11.8 Å². The maximum absolute atomic E-state index is 13.4. The van der Waals surface area contributed by atoms with Gasteiger partial charge in [-0.15, -0.1) is 0 Å². The van der Waals surface area contributed by atoms with E-state index in [0.717, 1.165) is 46.8 Å². The van der Waals surface area contributed by atoms with Gasteiger partial charge in [0, 0.05) is 30.0 Å². The third-order valence-electron chi connectivity index (χ3n) is 7.42. The predicted molar refractivity (Wildman–Crippen MR) is 152 cm³/mol. The molecule has 0 aliphatic carbocycles. The fourth-order valence-electron chi connectivity index (χ4n) is 5.25. The van der Waals surface area contributed by atoms with Gasteiger partial charge in [0.15, 0.2) is 5.82 Å². The highest BCUT2D eigenvalue weighted by atomic mass is 16.2. The van der Waals surface area contributed by atoms with Gasteiger partial charge in [-0.25, -0.2) is 4.98 Å². The highest BCUT2D eigenvalue weighted by Crippen LogP contribution is 2.23. The van der Waals surface area contributed by atoms with Crippen LogP contribution < -0.4 is 10.6 Å². The zero-order valence-corrected chi connectivity index (χ0v) is 22.9. The third-order valence-corrected chi connectivity index (χ3v) is 7.42. The van der Waals surface area contributed by atoms with Crippen molar-refractivity contribution < 1.29 is 14.4 Å². The van der Waals surface area contributed by atoms with Crippen LogP contribution in [-0.2, 0) is 4.79 Å². The molecule has 5 rings (SSSR count). The van der Waals surface area contributed by atoms with Crippen LogP contribution in [0.4, 0.5) is 0 Å². The molecule has 1 saturated heterocycles. The minimum Gasteiger partial charge on any atom is -0.352 e. The first-order valence-electron chi connectivity index (χ1n) is 13.5. The normalized spacial score (nSPS) is 16.8. The molecule has 0 unspecified atom stereocenters. The molecule has 39 heavy (non-hydrogen) atoms. The lowest BCUT2D eigenvalue weighted by atomic mass is 9.86. The predicted octanol–water partition coefficient (Wildman–Crippen LogP) is 4.31. The monoisotopic (exact) mass is 528 g/mol. The smallest absolute Gasteiger partial charge is 0.289 e. The highest BCUT2D eigenvalue weighted by molar-refractivity contribution is 6.00. The van der Waals surface area contributed by atoms with Crippen LogP contribution in [0.1, 0.15) is 66.7 Å². The van der Waals surface area contributed by atoms with Crippen LogP contribution in [0.3, 0.4) is 0 Å². The molecule has 0 bridgehead atoms. The van der Waals surface area contributed by atoms with Crippen LogP contribution in [0, 0.1) is 12.3 Å². The topological polar surface area (TPSA) is 123 Å². The number of likely N-dealkylation sites (tertiary alicyclic amines) is 1. The number of benzene rings is 2. The average molecular weight is 529 g/mol. The van der Waals surface area contributed by atoms with Gasteiger partial charge in [-0.05, 0) is 61.9 Å². The van der Waals surface area contributed by atoms with Crippen molar-refractivity contribution >= 4 is 39.7 Å². The molecular weight excluding hydrogens is 492 g/mol. The number of rotatable bonds is 6. The molecule has 1 fully saturated rings. The van der Waals surface area contributed by atoms with Gasteiger partial charge in [-0.3, -0.25) is 14.4 Å². The summed E-state index contributed by atoms with van der Waals surface area (Å²) in [7, 11) is 0. The zero-order valence-electron chi connectivity index (χ0n) is 22.9. The largest absolute Gasteiger partial charge is 0.352 e. The van der Waals surface area contributed by atoms with E-state index in [4.69, 9.17) is 0 Å². The Morgan fingerprint density at radius 1 is 1.05 bits per heavy atom. The van der Waals surface area contributed by atoms with E-state index in [-0.39, 0.29) is 23.8 Å². The second-order valence-corrected chi connectivity index (χ2v) is 11.5. The van der Waals surface area contributed by atoms with E-state index in [1.807, 2.05) is 70.2 Å². The number of nitrogens with one attached hydrogen (secondary N) is 4. The Hall–Kier alpha value is -4.14. The number of para-hydroxylation sites is 2. The molecule has 204 valence electrons. The Labute approximate surface area is 227 Å². The molecule has 1 aliphatic heterocycles. The number of carbonyl (C=O) groups excluding carboxylic acids is 3. The average Bonchev–Trinajstić information content (AvgIpc) is 3.53. The molecule has 0 spiro atoms. The van der Waals surface area contributed by atoms with Gasteiger partial charge in [0.05, 0.1) is 11.0 Å². The third kappa shape index (κ3) is 5.67. The molecule has 3 amide bonds. The minimum absolute atomic E-state index is 0.156. The molecule has 0 radical (unpaired) electrons. The second-order valence-electron chi connectivity index (χ2n) is 11.5. The summed E-state index contributed by atoms with van der Waals surface area (Å²) < 4.78 is 0.